The van der Waals surface area contributed by atoms with Crippen LogP contribution in [0.3, 0.4) is 0 Å². The normalized spacial score (nSPS) is 18.8. The molecule has 2 aliphatic rings. The minimum Gasteiger partial charge on any atom is -0.355 e. The number of fused-ring (bicyclic) bond motifs is 2. The zero-order valence-corrected chi connectivity index (χ0v) is 16.3. The highest BCUT2D eigenvalue weighted by Crippen LogP contribution is 2.28. The van der Waals surface area contributed by atoms with Crippen molar-refractivity contribution in [2.75, 3.05) is 31.1 Å². The predicted octanol–water partition coefficient (Wildman–Crippen LogP) is 1.70. The molecule has 0 N–H and O–H groups in total. The second-order valence-electron chi connectivity index (χ2n) is 7.07. The van der Waals surface area contributed by atoms with E-state index in [-0.39, 0.29) is 0 Å². The third kappa shape index (κ3) is 2.73. The maximum absolute atomic E-state index is 12.4. The first-order valence-corrected chi connectivity index (χ1v) is 10.7. The number of amidine groups is 1. The predicted molar refractivity (Wildman–Crippen MR) is 106 cm³/mol. The van der Waals surface area contributed by atoms with Crippen LogP contribution in [-0.2, 0) is 10.0 Å². The molecule has 0 amide bonds. The van der Waals surface area contributed by atoms with Crippen molar-refractivity contribution in [2.24, 2.45) is 4.40 Å². The topological polar surface area (TPSA) is 83.2 Å². The monoisotopic (exact) mass is 396 g/mol. The molecule has 144 valence electrons. The summed E-state index contributed by atoms with van der Waals surface area (Å²) < 4.78 is 30.7. The molecule has 0 atom stereocenters. The fraction of sp³-hybridized carbons (Fsp3) is 0.316. The third-order valence-corrected chi connectivity index (χ3v) is 6.53. The Labute approximate surface area is 163 Å². The van der Waals surface area contributed by atoms with E-state index in [1.807, 2.05) is 35.7 Å². The standard InChI is InChI=1S/C19H20N6O2S/c1-14-13-18(25-17(21-14)7-8-20-25)23-9-4-10-24(12-11-23)19-15-5-2-3-6-16(15)28(26,27)22-19/h2-3,5-8,13H,4,9-12H2,1H3. The summed E-state index contributed by atoms with van der Waals surface area (Å²) in [5, 5.41) is 4.41. The number of sulfonamides is 1. The molecule has 2 aromatic heterocycles. The molecule has 0 aliphatic carbocycles. The van der Waals surface area contributed by atoms with Crippen molar-refractivity contribution in [1.29, 1.82) is 0 Å². The minimum atomic E-state index is -3.60. The molecule has 0 spiro atoms. The number of hydrogen-bond donors (Lipinski definition) is 0. The van der Waals surface area contributed by atoms with E-state index in [1.54, 1.807) is 18.3 Å². The Morgan fingerprint density at radius 1 is 1.00 bits per heavy atom. The van der Waals surface area contributed by atoms with E-state index in [4.69, 9.17) is 0 Å². The molecule has 5 rings (SSSR count). The number of benzene rings is 1. The molecule has 1 saturated heterocycles. The van der Waals surface area contributed by atoms with Gasteiger partial charge in [-0.05, 0) is 25.5 Å². The molecule has 9 heteroatoms. The maximum atomic E-state index is 12.4. The highest BCUT2D eigenvalue weighted by molar-refractivity contribution is 7.90. The Hall–Kier alpha value is -2.94. The van der Waals surface area contributed by atoms with Crippen LogP contribution in [0.15, 0.2) is 51.9 Å². The van der Waals surface area contributed by atoms with Gasteiger partial charge in [0.15, 0.2) is 11.5 Å². The Kier molecular flexibility index (Phi) is 3.87. The SMILES string of the molecule is Cc1cc(N2CCCN(C3=NS(=O)(=O)c4ccccc43)CC2)n2nccc2n1. The Morgan fingerprint density at radius 2 is 1.79 bits per heavy atom. The van der Waals surface area contributed by atoms with Crippen molar-refractivity contribution in [3.05, 3.63) is 53.9 Å². The molecule has 8 nitrogen and oxygen atoms in total. The van der Waals surface area contributed by atoms with E-state index >= 15 is 0 Å². The van der Waals surface area contributed by atoms with Crippen LogP contribution in [0.4, 0.5) is 5.82 Å². The van der Waals surface area contributed by atoms with Gasteiger partial charge < -0.3 is 9.80 Å². The summed E-state index contributed by atoms with van der Waals surface area (Å²) in [6.45, 7) is 5.03. The van der Waals surface area contributed by atoms with Gasteiger partial charge >= 0.3 is 0 Å². The molecule has 28 heavy (non-hydrogen) atoms. The molecular weight excluding hydrogens is 376 g/mol. The van der Waals surface area contributed by atoms with Crippen LogP contribution in [0.25, 0.3) is 5.65 Å². The first-order chi connectivity index (χ1) is 13.5. The summed E-state index contributed by atoms with van der Waals surface area (Å²) in [5.41, 5.74) is 2.48. The number of rotatable bonds is 1. The molecule has 0 radical (unpaired) electrons. The number of aromatic nitrogens is 3. The lowest BCUT2D eigenvalue weighted by molar-refractivity contribution is 0.449. The average molecular weight is 396 g/mol. The number of anilines is 1. The molecule has 2 aliphatic heterocycles. The largest absolute Gasteiger partial charge is 0.355 e. The van der Waals surface area contributed by atoms with Gasteiger partial charge in [-0.1, -0.05) is 12.1 Å². The summed E-state index contributed by atoms with van der Waals surface area (Å²) in [6, 6.07) is 11.0. The van der Waals surface area contributed by atoms with Crippen molar-refractivity contribution in [3.63, 3.8) is 0 Å². The van der Waals surface area contributed by atoms with Gasteiger partial charge in [-0.2, -0.15) is 18.0 Å². The first kappa shape index (κ1) is 17.2. The first-order valence-electron chi connectivity index (χ1n) is 9.29. The van der Waals surface area contributed by atoms with Gasteiger partial charge in [-0.25, -0.2) is 4.98 Å². The highest BCUT2D eigenvalue weighted by Gasteiger charge is 2.32. The molecule has 0 saturated carbocycles. The smallest absolute Gasteiger partial charge is 0.285 e. The maximum Gasteiger partial charge on any atom is 0.285 e. The van der Waals surface area contributed by atoms with Gasteiger partial charge in [0, 0.05) is 49.6 Å². The fourth-order valence-electron chi connectivity index (χ4n) is 3.92. The van der Waals surface area contributed by atoms with Gasteiger partial charge in [0.25, 0.3) is 10.0 Å². The van der Waals surface area contributed by atoms with Crippen molar-refractivity contribution < 1.29 is 8.42 Å². The van der Waals surface area contributed by atoms with Crippen molar-refractivity contribution in [3.8, 4) is 0 Å². The average Bonchev–Trinajstić information content (AvgIpc) is 3.15. The zero-order valence-electron chi connectivity index (χ0n) is 15.5. The van der Waals surface area contributed by atoms with Crippen molar-refractivity contribution in [1.82, 2.24) is 19.5 Å². The lowest BCUT2D eigenvalue weighted by atomic mass is 10.2. The van der Waals surface area contributed by atoms with Gasteiger partial charge in [-0.15, -0.1) is 4.40 Å². The van der Waals surface area contributed by atoms with E-state index in [2.05, 4.69) is 24.3 Å². The molecule has 1 aromatic carbocycles. The Bertz CT molecular complexity index is 1200. The summed E-state index contributed by atoms with van der Waals surface area (Å²) in [4.78, 5) is 9.17. The van der Waals surface area contributed by atoms with Crippen molar-refractivity contribution in [2.45, 2.75) is 18.2 Å². The summed E-state index contributed by atoms with van der Waals surface area (Å²) in [6.07, 6.45) is 2.65. The zero-order chi connectivity index (χ0) is 19.3. The summed E-state index contributed by atoms with van der Waals surface area (Å²) >= 11 is 0. The van der Waals surface area contributed by atoms with Crippen molar-refractivity contribution >= 4 is 27.3 Å². The quantitative estimate of drug-likeness (QED) is 0.623. The summed E-state index contributed by atoms with van der Waals surface area (Å²) in [7, 11) is -3.60. The molecule has 1 fully saturated rings. The van der Waals surface area contributed by atoms with Crippen LogP contribution in [0, 0.1) is 6.92 Å². The Morgan fingerprint density at radius 3 is 2.68 bits per heavy atom. The number of aryl methyl sites for hydroxylation is 1. The molecule has 0 unspecified atom stereocenters. The van der Waals surface area contributed by atoms with Crippen LogP contribution < -0.4 is 4.90 Å². The minimum absolute atomic E-state index is 0.300. The number of hydrogen-bond acceptors (Lipinski definition) is 6. The van der Waals surface area contributed by atoms with Gasteiger partial charge in [0.05, 0.1) is 6.20 Å². The Balaban J connectivity index is 1.45. The van der Waals surface area contributed by atoms with Crippen LogP contribution in [-0.4, -0.2) is 59.9 Å². The van der Waals surface area contributed by atoms with E-state index in [0.717, 1.165) is 43.2 Å². The van der Waals surface area contributed by atoms with Gasteiger partial charge in [0.1, 0.15) is 10.7 Å². The second-order valence-corrected chi connectivity index (χ2v) is 8.64. The van der Waals surface area contributed by atoms with Gasteiger partial charge in [-0.3, -0.25) is 0 Å². The summed E-state index contributed by atoms with van der Waals surface area (Å²) in [5.74, 6) is 1.57. The number of nitrogens with zero attached hydrogens (tertiary/aromatic N) is 6. The molecule has 4 heterocycles. The van der Waals surface area contributed by atoms with Crippen LogP contribution in [0.2, 0.25) is 0 Å². The molecule has 0 bridgehead atoms. The fourth-order valence-corrected chi connectivity index (χ4v) is 5.15. The lowest BCUT2D eigenvalue weighted by Crippen LogP contribution is -2.35. The van der Waals surface area contributed by atoms with E-state index < -0.39 is 10.0 Å². The van der Waals surface area contributed by atoms with Crippen LogP contribution >= 0.6 is 0 Å². The van der Waals surface area contributed by atoms with Crippen LogP contribution in [0.5, 0.6) is 0 Å². The van der Waals surface area contributed by atoms with E-state index in [9.17, 15) is 8.42 Å². The molecule has 3 aromatic rings. The highest BCUT2D eigenvalue weighted by atomic mass is 32.2. The van der Waals surface area contributed by atoms with E-state index in [0.29, 0.717) is 22.8 Å². The van der Waals surface area contributed by atoms with E-state index in [1.165, 1.54) is 0 Å². The third-order valence-electron chi connectivity index (χ3n) is 5.20. The van der Waals surface area contributed by atoms with Crippen LogP contribution in [0.1, 0.15) is 17.7 Å². The van der Waals surface area contributed by atoms with Gasteiger partial charge in [0.2, 0.25) is 0 Å². The lowest BCUT2D eigenvalue weighted by Gasteiger charge is -2.25. The molecular formula is C19H20N6O2S. The second kappa shape index (κ2) is 6.30.